The minimum Gasteiger partial charge on any atom is -0.366 e. The lowest BCUT2D eigenvalue weighted by molar-refractivity contribution is 0.801. The second kappa shape index (κ2) is 6.22. The summed E-state index contributed by atoms with van der Waals surface area (Å²) >= 11 is 4.97. The predicted octanol–water partition coefficient (Wildman–Crippen LogP) is 0.315. The molecule has 88 valence electrons. The molecule has 0 fully saturated rings. The van der Waals surface area contributed by atoms with Gasteiger partial charge in [0.1, 0.15) is 5.82 Å². The van der Waals surface area contributed by atoms with Crippen molar-refractivity contribution in [3.8, 4) is 0 Å². The van der Waals surface area contributed by atoms with Crippen LogP contribution in [0.3, 0.4) is 0 Å². The third-order valence-electron chi connectivity index (χ3n) is 2.12. The lowest BCUT2D eigenvalue weighted by atomic mass is 10.4. The number of rotatable bonds is 4. The third-order valence-corrected chi connectivity index (χ3v) is 2.47. The van der Waals surface area contributed by atoms with Gasteiger partial charge in [-0.3, -0.25) is 4.98 Å². The largest absolute Gasteiger partial charge is 0.366 e. The first kappa shape index (κ1) is 12.6. The molecule has 0 radical (unpaired) electrons. The lowest BCUT2D eigenvalue weighted by Crippen LogP contribution is -2.37. The van der Waals surface area contributed by atoms with Gasteiger partial charge in [-0.25, -0.2) is 4.98 Å². The van der Waals surface area contributed by atoms with Gasteiger partial charge in [-0.15, -0.1) is 0 Å². The molecule has 5 nitrogen and oxygen atoms in total. The molecule has 0 bridgehead atoms. The number of hydrogen-bond acceptors (Lipinski definition) is 4. The first-order valence-electron chi connectivity index (χ1n) is 5.09. The summed E-state index contributed by atoms with van der Waals surface area (Å²) in [4.78, 5) is 10.5. The van der Waals surface area contributed by atoms with Crippen molar-refractivity contribution in [3.05, 3.63) is 18.1 Å². The summed E-state index contributed by atoms with van der Waals surface area (Å²) in [7, 11) is 3.77. The zero-order valence-electron chi connectivity index (χ0n) is 9.82. The van der Waals surface area contributed by atoms with Gasteiger partial charge in [-0.2, -0.15) is 0 Å². The molecule has 2 N–H and O–H groups in total. The minimum atomic E-state index is 0.656. The van der Waals surface area contributed by atoms with Crippen LogP contribution in [-0.4, -0.2) is 42.3 Å². The van der Waals surface area contributed by atoms with Gasteiger partial charge in [0.15, 0.2) is 5.11 Å². The summed E-state index contributed by atoms with van der Waals surface area (Å²) < 4.78 is 0. The summed E-state index contributed by atoms with van der Waals surface area (Å²) in [5, 5.41) is 6.59. The van der Waals surface area contributed by atoms with Gasteiger partial charge in [-0.05, 0) is 19.1 Å². The van der Waals surface area contributed by atoms with E-state index in [9.17, 15) is 0 Å². The van der Waals surface area contributed by atoms with Crippen LogP contribution in [0.1, 0.15) is 5.69 Å². The SMILES string of the molecule is CNC(=S)NCCN(C)c1cnc(C)cn1. The molecule has 0 saturated carbocycles. The Morgan fingerprint density at radius 3 is 2.75 bits per heavy atom. The molecule has 0 aromatic carbocycles. The first-order valence-corrected chi connectivity index (χ1v) is 5.49. The first-order chi connectivity index (χ1) is 7.63. The summed E-state index contributed by atoms with van der Waals surface area (Å²) in [6.07, 6.45) is 3.53. The van der Waals surface area contributed by atoms with E-state index in [1.807, 2.05) is 18.9 Å². The number of nitrogens with one attached hydrogen (secondary N) is 2. The van der Waals surface area contributed by atoms with Crippen molar-refractivity contribution < 1.29 is 0 Å². The molecule has 0 atom stereocenters. The summed E-state index contributed by atoms with van der Waals surface area (Å²) in [6, 6.07) is 0. The van der Waals surface area contributed by atoms with Crippen molar-refractivity contribution in [2.24, 2.45) is 0 Å². The van der Waals surface area contributed by atoms with E-state index < -0.39 is 0 Å². The van der Waals surface area contributed by atoms with E-state index in [4.69, 9.17) is 12.2 Å². The van der Waals surface area contributed by atoms with Crippen molar-refractivity contribution in [2.75, 3.05) is 32.1 Å². The van der Waals surface area contributed by atoms with Gasteiger partial charge in [0.05, 0.1) is 18.1 Å². The summed E-state index contributed by atoms with van der Waals surface area (Å²) in [6.45, 7) is 3.51. The van der Waals surface area contributed by atoms with Crippen molar-refractivity contribution in [3.63, 3.8) is 0 Å². The van der Waals surface area contributed by atoms with Gasteiger partial charge >= 0.3 is 0 Å². The Labute approximate surface area is 101 Å². The molecule has 0 aliphatic carbocycles. The van der Waals surface area contributed by atoms with Crippen LogP contribution in [0.15, 0.2) is 12.4 Å². The van der Waals surface area contributed by atoms with E-state index in [-0.39, 0.29) is 0 Å². The fourth-order valence-electron chi connectivity index (χ4n) is 1.12. The molecule has 6 heteroatoms. The molecule has 1 rings (SSSR count). The highest BCUT2D eigenvalue weighted by Gasteiger charge is 2.02. The molecule has 1 aromatic rings. The molecular formula is C10H17N5S. The highest BCUT2D eigenvalue weighted by molar-refractivity contribution is 7.80. The Bertz CT molecular complexity index is 338. The van der Waals surface area contributed by atoms with Gasteiger partial charge < -0.3 is 15.5 Å². The number of aromatic nitrogens is 2. The Kier molecular flexibility index (Phi) is 4.91. The van der Waals surface area contributed by atoms with Gasteiger partial charge in [-0.1, -0.05) is 0 Å². The van der Waals surface area contributed by atoms with Crippen LogP contribution in [0.25, 0.3) is 0 Å². The predicted molar refractivity (Wildman–Crippen MR) is 69.7 cm³/mol. The third kappa shape index (κ3) is 3.98. The van der Waals surface area contributed by atoms with E-state index in [2.05, 4.69) is 20.6 Å². The summed E-state index contributed by atoms with van der Waals surface area (Å²) in [5.74, 6) is 0.864. The van der Waals surface area contributed by atoms with E-state index in [0.29, 0.717) is 5.11 Å². The quantitative estimate of drug-likeness (QED) is 0.738. The van der Waals surface area contributed by atoms with Crippen LogP contribution >= 0.6 is 12.2 Å². The standard InChI is InChI=1S/C10H17N5S/c1-8-6-14-9(7-13-8)15(3)5-4-12-10(16)11-2/h6-7H,4-5H2,1-3H3,(H2,11,12,16). The maximum Gasteiger partial charge on any atom is 0.166 e. The number of aryl methyl sites for hydroxylation is 1. The Hall–Kier alpha value is -1.43. The summed E-state index contributed by atoms with van der Waals surface area (Å²) in [5.41, 5.74) is 0.923. The number of likely N-dealkylation sites (N-methyl/N-ethyl adjacent to an activating group) is 1. The van der Waals surface area contributed by atoms with Crippen LogP contribution in [-0.2, 0) is 0 Å². The number of hydrogen-bond donors (Lipinski definition) is 2. The molecule has 1 aromatic heterocycles. The Morgan fingerprint density at radius 1 is 1.44 bits per heavy atom. The number of anilines is 1. The van der Waals surface area contributed by atoms with Gasteiger partial charge in [0.2, 0.25) is 0 Å². The van der Waals surface area contributed by atoms with E-state index >= 15 is 0 Å². The monoisotopic (exact) mass is 239 g/mol. The van der Waals surface area contributed by atoms with Crippen molar-refractivity contribution in [1.29, 1.82) is 0 Å². The minimum absolute atomic E-state index is 0.656. The fraction of sp³-hybridized carbons (Fsp3) is 0.500. The maximum atomic E-state index is 4.97. The van der Waals surface area contributed by atoms with Crippen LogP contribution in [0.2, 0.25) is 0 Å². The zero-order chi connectivity index (χ0) is 12.0. The van der Waals surface area contributed by atoms with E-state index in [0.717, 1.165) is 24.6 Å². The number of thiocarbonyl (C=S) groups is 1. The molecule has 0 spiro atoms. The molecule has 16 heavy (non-hydrogen) atoms. The number of nitrogens with zero attached hydrogens (tertiary/aromatic N) is 3. The second-order valence-electron chi connectivity index (χ2n) is 3.44. The van der Waals surface area contributed by atoms with Crippen LogP contribution < -0.4 is 15.5 Å². The van der Waals surface area contributed by atoms with Crippen LogP contribution in [0.4, 0.5) is 5.82 Å². The highest BCUT2D eigenvalue weighted by Crippen LogP contribution is 2.04. The fourth-order valence-corrected chi connectivity index (χ4v) is 1.23. The molecule has 0 saturated heterocycles. The Balaban J connectivity index is 2.37. The molecule has 0 aliphatic rings. The molecule has 1 heterocycles. The maximum absolute atomic E-state index is 4.97. The van der Waals surface area contributed by atoms with Crippen molar-refractivity contribution >= 4 is 23.1 Å². The van der Waals surface area contributed by atoms with Crippen LogP contribution in [0.5, 0.6) is 0 Å². The molecular weight excluding hydrogens is 222 g/mol. The average molecular weight is 239 g/mol. The smallest absolute Gasteiger partial charge is 0.166 e. The molecule has 0 aliphatic heterocycles. The highest BCUT2D eigenvalue weighted by atomic mass is 32.1. The lowest BCUT2D eigenvalue weighted by Gasteiger charge is -2.18. The average Bonchev–Trinajstić information content (AvgIpc) is 2.29. The van der Waals surface area contributed by atoms with Crippen LogP contribution in [0, 0.1) is 6.92 Å². The Morgan fingerprint density at radius 2 is 2.19 bits per heavy atom. The van der Waals surface area contributed by atoms with Gasteiger partial charge in [0, 0.05) is 27.2 Å². The van der Waals surface area contributed by atoms with Crippen molar-refractivity contribution in [2.45, 2.75) is 6.92 Å². The molecule has 0 amide bonds. The van der Waals surface area contributed by atoms with E-state index in [1.54, 1.807) is 19.4 Å². The molecule has 0 unspecified atom stereocenters. The topological polar surface area (TPSA) is 53.1 Å². The second-order valence-corrected chi connectivity index (χ2v) is 3.85. The normalized spacial score (nSPS) is 9.69. The van der Waals surface area contributed by atoms with Gasteiger partial charge in [0.25, 0.3) is 0 Å². The zero-order valence-corrected chi connectivity index (χ0v) is 10.6. The van der Waals surface area contributed by atoms with E-state index in [1.165, 1.54) is 0 Å². The van der Waals surface area contributed by atoms with Crippen molar-refractivity contribution in [1.82, 2.24) is 20.6 Å².